The van der Waals surface area contributed by atoms with Gasteiger partial charge in [-0.3, -0.25) is 4.79 Å². The Morgan fingerprint density at radius 2 is 1.89 bits per heavy atom. The van der Waals surface area contributed by atoms with Gasteiger partial charge in [0.2, 0.25) is 11.7 Å². The number of carbonyl (C=O) groups excluding carboxylic acids is 1. The summed E-state index contributed by atoms with van der Waals surface area (Å²) < 4.78 is 15.6. The van der Waals surface area contributed by atoms with Crippen LogP contribution in [-0.4, -0.2) is 35.3 Å². The molecule has 3 aromatic rings. The van der Waals surface area contributed by atoms with Crippen molar-refractivity contribution in [1.82, 2.24) is 20.4 Å². The molecule has 2 heterocycles. The summed E-state index contributed by atoms with van der Waals surface area (Å²) in [6, 6.07) is 8.21. The van der Waals surface area contributed by atoms with Gasteiger partial charge in [-0.25, -0.2) is 4.98 Å². The molecule has 0 radical (unpaired) electrons. The standard InChI is InChI=1S/C17H14Cl2N4O4/c1-25-11-5-3-9(7-12(11)26-2)16-22-14(27-23-16)8-20-17(24)15-10(18)4-6-13(19)21-15/h3-7H,8H2,1-2H3,(H,20,24). The molecule has 0 spiro atoms. The number of aromatic nitrogens is 3. The zero-order valence-electron chi connectivity index (χ0n) is 14.3. The minimum atomic E-state index is -0.506. The van der Waals surface area contributed by atoms with Crippen LogP contribution in [0.3, 0.4) is 0 Å². The second-order valence-electron chi connectivity index (χ2n) is 5.23. The van der Waals surface area contributed by atoms with Gasteiger partial charge in [0.1, 0.15) is 10.8 Å². The number of benzene rings is 1. The Kier molecular flexibility index (Phi) is 5.78. The smallest absolute Gasteiger partial charge is 0.271 e. The highest BCUT2D eigenvalue weighted by molar-refractivity contribution is 6.34. The first-order chi connectivity index (χ1) is 13.0. The number of nitrogens with one attached hydrogen (secondary N) is 1. The van der Waals surface area contributed by atoms with E-state index in [1.165, 1.54) is 19.2 Å². The van der Waals surface area contributed by atoms with Crippen LogP contribution in [0.2, 0.25) is 10.2 Å². The van der Waals surface area contributed by atoms with E-state index in [2.05, 4.69) is 20.4 Å². The third-order valence-electron chi connectivity index (χ3n) is 3.54. The maximum absolute atomic E-state index is 12.2. The van der Waals surface area contributed by atoms with E-state index in [0.717, 1.165) is 0 Å². The molecule has 1 amide bonds. The molecule has 10 heteroatoms. The van der Waals surface area contributed by atoms with E-state index >= 15 is 0 Å². The predicted molar refractivity (Wildman–Crippen MR) is 98.3 cm³/mol. The number of amides is 1. The summed E-state index contributed by atoms with van der Waals surface area (Å²) in [6.45, 7) is 0.00362. The van der Waals surface area contributed by atoms with Crippen LogP contribution < -0.4 is 14.8 Å². The Labute approximate surface area is 164 Å². The van der Waals surface area contributed by atoms with Gasteiger partial charge in [-0.2, -0.15) is 4.98 Å². The Balaban J connectivity index is 1.71. The minimum Gasteiger partial charge on any atom is -0.493 e. The number of methoxy groups -OCH3 is 2. The van der Waals surface area contributed by atoms with Crippen molar-refractivity contribution < 1.29 is 18.8 Å². The maximum Gasteiger partial charge on any atom is 0.271 e. The van der Waals surface area contributed by atoms with Crippen molar-refractivity contribution in [2.75, 3.05) is 14.2 Å². The highest BCUT2D eigenvalue weighted by Gasteiger charge is 2.16. The van der Waals surface area contributed by atoms with E-state index in [1.54, 1.807) is 25.3 Å². The second-order valence-corrected chi connectivity index (χ2v) is 6.02. The van der Waals surface area contributed by atoms with E-state index < -0.39 is 5.91 Å². The molecule has 0 saturated heterocycles. The summed E-state index contributed by atoms with van der Waals surface area (Å²) in [5.41, 5.74) is 0.692. The molecule has 27 heavy (non-hydrogen) atoms. The van der Waals surface area contributed by atoms with Gasteiger partial charge in [-0.1, -0.05) is 28.4 Å². The van der Waals surface area contributed by atoms with Crippen LogP contribution in [0.5, 0.6) is 11.5 Å². The molecule has 0 bridgehead atoms. The minimum absolute atomic E-state index is 0.00362. The van der Waals surface area contributed by atoms with Crippen molar-refractivity contribution in [2.45, 2.75) is 6.54 Å². The predicted octanol–water partition coefficient (Wildman–Crippen LogP) is 3.39. The molecule has 0 saturated carbocycles. The molecule has 0 aliphatic heterocycles. The van der Waals surface area contributed by atoms with Crippen LogP contribution in [0, 0.1) is 0 Å². The third-order valence-corrected chi connectivity index (χ3v) is 4.05. The third kappa shape index (κ3) is 4.29. The summed E-state index contributed by atoms with van der Waals surface area (Å²) >= 11 is 11.7. The summed E-state index contributed by atoms with van der Waals surface area (Å²) in [4.78, 5) is 20.3. The number of nitrogens with zero attached hydrogens (tertiary/aromatic N) is 3. The molecule has 0 unspecified atom stereocenters. The van der Waals surface area contributed by atoms with E-state index in [4.69, 9.17) is 37.2 Å². The Bertz CT molecular complexity index is 977. The van der Waals surface area contributed by atoms with Crippen LogP contribution in [0.1, 0.15) is 16.4 Å². The molecule has 2 aromatic heterocycles. The molecule has 8 nitrogen and oxygen atoms in total. The first-order valence-electron chi connectivity index (χ1n) is 7.67. The average molecular weight is 409 g/mol. The molecule has 140 valence electrons. The average Bonchev–Trinajstić information content (AvgIpc) is 3.16. The van der Waals surface area contributed by atoms with Crippen LogP contribution >= 0.6 is 23.2 Å². The van der Waals surface area contributed by atoms with Crippen molar-refractivity contribution in [3.63, 3.8) is 0 Å². The van der Waals surface area contributed by atoms with Gasteiger partial charge >= 0.3 is 0 Å². The van der Waals surface area contributed by atoms with Crippen molar-refractivity contribution in [3.05, 3.63) is 52.1 Å². The number of rotatable bonds is 6. The Morgan fingerprint density at radius 1 is 1.11 bits per heavy atom. The van der Waals surface area contributed by atoms with Gasteiger partial charge < -0.3 is 19.3 Å². The van der Waals surface area contributed by atoms with Gasteiger partial charge in [0, 0.05) is 5.56 Å². The first-order valence-corrected chi connectivity index (χ1v) is 8.42. The van der Waals surface area contributed by atoms with E-state index in [-0.39, 0.29) is 28.3 Å². The van der Waals surface area contributed by atoms with Crippen molar-refractivity contribution in [1.29, 1.82) is 0 Å². The van der Waals surface area contributed by atoms with Crippen molar-refractivity contribution >= 4 is 29.1 Å². The number of halogens is 2. The van der Waals surface area contributed by atoms with Gasteiger partial charge in [-0.15, -0.1) is 0 Å². The lowest BCUT2D eigenvalue weighted by atomic mass is 10.2. The second kappa shape index (κ2) is 8.24. The highest BCUT2D eigenvalue weighted by Crippen LogP contribution is 2.31. The highest BCUT2D eigenvalue weighted by atomic mass is 35.5. The fourth-order valence-corrected chi connectivity index (χ4v) is 2.58. The fraction of sp³-hybridized carbons (Fsp3) is 0.176. The van der Waals surface area contributed by atoms with Gasteiger partial charge in [0.05, 0.1) is 25.8 Å². The first kappa shape index (κ1) is 18.9. The summed E-state index contributed by atoms with van der Waals surface area (Å²) in [6.07, 6.45) is 0. The number of pyridine rings is 1. The molecular weight excluding hydrogens is 395 g/mol. The van der Waals surface area contributed by atoms with E-state index in [1.807, 2.05) is 0 Å². The lowest BCUT2D eigenvalue weighted by Crippen LogP contribution is -2.24. The summed E-state index contributed by atoms with van der Waals surface area (Å²) in [7, 11) is 3.08. The number of ether oxygens (including phenoxy) is 2. The fourth-order valence-electron chi connectivity index (χ4n) is 2.24. The topological polar surface area (TPSA) is 99.4 Å². The SMILES string of the molecule is COc1ccc(-c2noc(CNC(=O)c3nc(Cl)ccc3Cl)n2)cc1OC. The number of hydrogen-bond acceptors (Lipinski definition) is 7. The zero-order chi connectivity index (χ0) is 19.4. The maximum atomic E-state index is 12.2. The summed E-state index contributed by atoms with van der Waals surface area (Å²) in [5, 5.41) is 6.86. The molecule has 1 aromatic carbocycles. The lowest BCUT2D eigenvalue weighted by molar-refractivity contribution is 0.0941. The Morgan fingerprint density at radius 3 is 2.63 bits per heavy atom. The van der Waals surface area contributed by atoms with Gasteiger partial charge in [0.25, 0.3) is 5.91 Å². The van der Waals surface area contributed by atoms with Crippen LogP contribution in [-0.2, 0) is 6.54 Å². The van der Waals surface area contributed by atoms with Gasteiger partial charge in [-0.05, 0) is 30.3 Å². The Hall–Kier alpha value is -2.84. The van der Waals surface area contributed by atoms with Crippen LogP contribution in [0.4, 0.5) is 0 Å². The van der Waals surface area contributed by atoms with E-state index in [0.29, 0.717) is 22.9 Å². The molecule has 0 fully saturated rings. The normalized spacial score (nSPS) is 10.5. The summed E-state index contributed by atoms with van der Waals surface area (Å²) in [5.74, 6) is 1.18. The van der Waals surface area contributed by atoms with Crippen molar-refractivity contribution in [2.24, 2.45) is 0 Å². The van der Waals surface area contributed by atoms with E-state index in [9.17, 15) is 4.79 Å². The van der Waals surface area contributed by atoms with Crippen LogP contribution in [0.15, 0.2) is 34.9 Å². The number of carbonyl (C=O) groups is 1. The monoisotopic (exact) mass is 408 g/mol. The molecule has 3 rings (SSSR count). The largest absolute Gasteiger partial charge is 0.493 e. The molecule has 0 aliphatic carbocycles. The lowest BCUT2D eigenvalue weighted by Gasteiger charge is -2.07. The molecular formula is C17H14Cl2N4O4. The zero-order valence-corrected chi connectivity index (χ0v) is 15.8. The van der Waals surface area contributed by atoms with Gasteiger partial charge in [0.15, 0.2) is 11.5 Å². The van der Waals surface area contributed by atoms with Crippen molar-refractivity contribution in [3.8, 4) is 22.9 Å². The molecule has 0 aliphatic rings. The van der Waals surface area contributed by atoms with Crippen LogP contribution in [0.25, 0.3) is 11.4 Å². The molecule has 1 N–H and O–H groups in total. The number of hydrogen-bond donors (Lipinski definition) is 1. The molecule has 0 atom stereocenters. The quantitative estimate of drug-likeness (QED) is 0.623.